The maximum atomic E-state index is 12.5. The van der Waals surface area contributed by atoms with Crippen LogP contribution in [0.2, 0.25) is 0 Å². The van der Waals surface area contributed by atoms with Crippen LogP contribution in [0.15, 0.2) is 18.2 Å². The summed E-state index contributed by atoms with van der Waals surface area (Å²) in [5.74, 6) is 1.39. The highest BCUT2D eigenvalue weighted by Gasteiger charge is 2.35. The van der Waals surface area contributed by atoms with E-state index in [2.05, 4.69) is 0 Å². The van der Waals surface area contributed by atoms with Gasteiger partial charge in [-0.25, -0.2) is 0 Å². The zero-order valence-electron chi connectivity index (χ0n) is 13.9. The Hall–Kier alpha value is -2.04. The van der Waals surface area contributed by atoms with E-state index in [0.29, 0.717) is 32.6 Å². The van der Waals surface area contributed by atoms with E-state index in [1.807, 2.05) is 34.9 Å². The maximum Gasteiger partial charge on any atom is 0.227 e. The van der Waals surface area contributed by atoms with Crippen molar-refractivity contribution in [2.24, 2.45) is 5.92 Å². The van der Waals surface area contributed by atoms with Crippen molar-refractivity contribution >= 4 is 11.8 Å². The molecule has 0 unspecified atom stereocenters. The van der Waals surface area contributed by atoms with Crippen LogP contribution >= 0.6 is 0 Å². The molecule has 1 aromatic rings. The van der Waals surface area contributed by atoms with Gasteiger partial charge in [0.1, 0.15) is 5.75 Å². The lowest BCUT2D eigenvalue weighted by Gasteiger charge is -2.35. The Labute approximate surface area is 137 Å². The number of piperazine rings is 1. The second-order valence-corrected chi connectivity index (χ2v) is 6.47. The van der Waals surface area contributed by atoms with E-state index < -0.39 is 0 Å². The minimum absolute atomic E-state index is 0.104. The van der Waals surface area contributed by atoms with Crippen molar-refractivity contribution in [3.8, 4) is 5.75 Å². The average Bonchev–Trinajstić information content (AvgIpc) is 3.39. The summed E-state index contributed by atoms with van der Waals surface area (Å²) in [5, 5.41) is 0. The molecule has 2 aliphatic rings. The van der Waals surface area contributed by atoms with Gasteiger partial charge in [-0.3, -0.25) is 9.59 Å². The van der Waals surface area contributed by atoms with Crippen molar-refractivity contribution in [2.45, 2.75) is 26.2 Å². The highest BCUT2D eigenvalue weighted by molar-refractivity contribution is 5.82. The summed E-state index contributed by atoms with van der Waals surface area (Å²) >= 11 is 0. The molecule has 1 aromatic carbocycles. The fourth-order valence-corrected chi connectivity index (χ4v) is 3.08. The Morgan fingerprint density at radius 3 is 2.39 bits per heavy atom. The van der Waals surface area contributed by atoms with Gasteiger partial charge in [-0.15, -0.1) is 0 Å². The third-order valence-electron chi connectivity index (χ3n) is 4.65. The molecule has 0 spiro atoms. The van der Waals surface area contributed by atoms with E-state index >= 15 is 0 Å². The van der Waals surface area contributed by atoms with Gasteiger partial charge in [-0.2, -0.15) is 0 Å². The minimum atomic E-state index is 0.104. The third-order valence-corrected chi connectivity index (χ3v) is 4.65. The van der Waals surface area contributed by atoms with Gasteiger partial charge in [-0.1, -0.05) is 17.7 Å². The molecule has 5 nitrogen and oxygen atoms in total. The molecule has 2 fully saturated rings. The third kappa shape index (κ3) is 3.66. The molecule has 5 heteroatoms. The number of benzene rings is 1. The number of aryl methyl sites for hydroxylation is 1. The molecule has 23 heavy (non-hydrogen) atoms. The molecule has 1 aliphatic carbocycles. The van der Waals surface area contributed by atoms with Crippen LogP contribution in [0.3, 0.4) is 0 Å². The van der Waals surface area contributed by atoms with Crippen molar-refractivity contribution in [3.63, 3.8) is 0 Å². The second-order valence-electron chi connectivity index (χ2n) is 6.47. The number of amides is 2. The highest BCUT2D eigenvalue weighted by atomic mass is 16.5. The van der Waals surface area contributed by atoms with Crippen LogP contribution in [0.1, 0.15) is 24.0 Å². The summed E-state index contributed by atoms with van der Waals surface area (Å²) in [6.07, 6.45) is 2.41. The van der Waals surface area contributed by atoms with Crippen LogP contribution in [0.25, 0.3) is 0 Å². The van der Waals surface area contributed by atoms with Crippen LogP contribution in [0, 0.1) is 12.8 Å². The highest BCUT2D eigenvalue weighted by Crippen LogP contribution is 2.31. The van der Waals surface area contributed by atoms with E-state index in [4.69, 9.17) is 4.74 Å². The molecule has 2 amide bonds. The first-order valence-electron chi connectivity index (χ1n) is 8.28. The molecule has 0 N–H and O–H groups in total. The molecular weight excluding hydrogens is 292 g/mol. The molecule has 0 radical (unpaired) electrons. The maximum absolute atomic E-state index is 12.5. The predicted molar refractivity (Wildman–Crippen MR) is 87.3 cm³/mol. The number of rotatable bonds is 4. The minimum Gasteiger partial charge on any atom is -0.496 e. The molecule has 1 saturated carbocycles. The van der Waals surface area contributed by atoms with E-state index in [-0.39, 0.29) is 17.7 Å². The van der Waals surface area contributed by atoms with Crippen LogP contribution in [0.5, 0.6) is 5.75 Å². The molecule has 124 valence electrons. The Bertz CT molecular complexity index is 602. The van der Waals surface area contributed by atoms with Gasteiger partial charge in [0.05, 0.1) is 13.5 Å². The Morgan fingerprint density at radius 2 is 1.78 bits per heavy atom. The van der Waals surface area contributed by atoms with Crippen LogP contribution in [-0.4, -0.2) is 54.9 Å². The van der Waals surface area contributed by atoms with Gasteiger partial charge >= 0.3 is 0 Å². The first-order chi connectivity index (χ1) is 11.1. The molecule has 1 saturated heterocycles. The van der Waals surface area contributed by atoms with E-state index in [0.717, 1.165) is 29.7 Å². The lowest BCUT2D eigenvalue weighted by atomic mass is 10.1. The fraction of sp³-hybridized carbons (Fsp3) is 0.556. The number of carbonyl (C=O) groups is 2. The summed E-state index contributed by atoms with van der Waals surface area (Å²) in [7, 11) is 1.63. The quantitative estimate of drug-likeness (QED) is 0.848. The predicted octanol–water partition coefficient (Wildman–Crippen LogP) is 1.63. The fourth-order valence-electron chi connectivity index (χ4n) is 3.08. The SMILES string of the molecule is COc1ccc(C)cc1CC(=O)N1CCN(C(=O)C2CC2)CC1. The zero-order valence-corrected chi connectivity index (χ0v) is 13.9. The van der Waals surface area contributed by atoms with Gasteiger partial charge in [-0.05, 0) is 25.8 Å². The monoisotopic (exact) mass is 316 g/mol. The number of methoxy groups -OCH3 is 1. The number of hydrogen-bond donors (Lipinski definition) is 0. The van der Waals surface area contributed by atoms with Crippen molar-refractivity contribution in [1.29, 1.82) is 0 Å². The van der Waals surface area contributed by atoms with Crippen molar-refractivity contribution < 1.29 is 14.3 Å². The Balaban J connectivity index is 1.57. The largest absolute Gasteiger partial charge is 0.496 e. The molecule has 0 atom stereocenters. The van der Waals surface area contributed by atoms with Gasteiger partial charge in [0, 0.05) is 37.7 Å². The average molecular weight is 316 g/mol. The van der Waals surface area contributed by atoms with Gasteiger partial charge in [0.15, 0.2) is 0 Å². The normalized spacial score (nSPS) is 18.0. The number of carbonyl (C=O) groups excluding carboxylic acids is 2. The molecule has 1 aliphatic heterocycles. The van der Waals surface area contributed by atoms with Crippen LogP contribution < -0.4 is 4.74 Å². The van der Waals surface area contributed by atoms with E-state index in [9.17, 15) is 9.59 Å². The Kier molecular flexibility index (Phi) is 4.55. The summed E-state index contributed by atoms with van der Waals surface area (Å²) in [6.45, 7) is 4.59. The van der Waals surface area contributed by atoms with E-state index in [1.54, 1.807) is 7.11 Å². The standard InChI is InChI=1S/C18H24N2O3/c1-13-3-6-16(23-2)15(11-13)12-17(21)19-7-9-20(10-8-19)18(22)14-4-5-14/h3,6,11,14H,4-5,7-10,12H2,1-2H3. The van der Waals surface area contributed by atoms with Crippen LogP contribution in [-0.2, 0) is 16.0 Å². The van der Waals surface area contributed by atoms with Gasteiger partial charge in [0.25, 0.3) is 0 Å². The lowest BCUT2D eigenvalue weighted by Crippen LogP contribution is -2.51. The number of hydrogen-bond acceptors (Lipinski definition) is 3. The number of nitrogens with zero attached hydrogens (tertiary/aromatic N) is 2. The van der Waals surface area contributed by atoms with Crippen molar-refractivity contribution in [2.75, 3.05) is 33.3 Å². The summed E-state index contributed by atoms with van der Waals surface area (Å²) in [4.78, 5) is 28.4. The topological polar surface area (TPSA) is 49.9 Å². The van der Waals surface area contributed by atoms with Gasteiger partial charge < -0.3 is 14.5 Å². The van der Waals surface area contributed by atoms with Crippen molar-refractivity contribution in [1.82, 2.24) is 9.80 Å². The first kappa shape index (κ1) is 15.8. The zero-order chi connectivity index (χ0) is 16.4. The van der Waals surface area contributed by atoms with Gasteiger partial charge in [0.2, 0.25) is 11.8 Å². The molecule has 1 heterocycles. The summed E-state index contributed by atoms with van der Waals surface area (Å²) in [5.41, 5.74) is 2.04. The Morgan fingerprint density at radius 1 is 1.13 bits per heavy atom. The van der Waals surface area contributed by atoms with E-state index in [1.165, 1.54) is 0 Å². The first-order valence-corrected chi connectivity index (χ1v) is 8.28. The second kappa shape index (κ2) is 6.60. The summed E-state index contributed by atoms with van der Waals surface area (Å²) < 4.78 is 5.35. The smallest absolute Gasteiger partial charge is 0.227 e. The van der Waals surface area contributed by atoms with Crippen LogP contribution in [0.4, 0.5) is 0 Å². The number of ether oxygens (including phenoxy) is 1. The molecule has 0 aromatic heterocycles. The molecule has 3 rings (SSSR count). The molecular formula is C18H24N2O3. The lowest BCUT2D eigenvalue weighted by molar-refractivity contribution is -0.140. The molecule has 0 bridgehead atoms. The summed E-state index contributed by atoms with van der Waals surface area (Å²) in [6, 6.07) is 5.89. The van der Waals surface area contributed by atoms with Crippen molar-refractivity contribution in [3.05, 3.63) is 29.3 Å².